The number of phenolic OH excluding ortho intramolecular Hbond substituents is 1. The summed E-state index contributed by atoms with van der Waals surface area (Å²) in [5, 5.41) is 35.0. The molecule has 4 unspecified atom stereocenters. The van der Waals surface area contributed by atoms with E-state index in [4.69, 9.17) is 11.5 Å². The van der Waals surface area contributed by atoms with Crippen LogP contribution in [0.25, 0.3) is 0 Å². The monoisotopic (exact) mass is 481 g/mol. The highest BCUT2D eigenvalue weighted by molar-refractivity contribution is 5.96. The van der Waals surface area contributed by atoms with Crippen LogP contribution in [0.4, 0.5) is 0 Å². The number of nitrogens with one attached hydrogen (secondary N) is 3. The molecule has 4 amide bonds. The van der Waals surface area contributed by atoms with E-state index in [1.165, 1.54) is 24.3 Å². The molecule has 1 aromatic rings. The van der Waals surface area contributed by atoms with Crippen molar-refractivity contribution in [3.63, 3.8) is 0 Å². The second-order valence-electron chi connectivity index (χ2n) is 8.02. The Balaban J connectivity index is 2.90. The van der Waals surface area contributed by atoms with Crippen LogP contribution in [0.5, 0.6) is 5.75 Å². The molecule has 1 rings (SSSR count). The third-order valence-corrected chi connectivity index (χ3v) is 4.87. The predicted molar refractivity (Wildman–Crippen MR) is 119 cm³/mol. The van der Waals surface area contributed by atoms with E-state index < -0.39 is 66.8 Å². The Morgan fingerprint density at radius 1 is 0.882 bits per heavy atom. The van der Waals surface area contributed by atoms with E-state index in [1.54, 1.807) is 13.8 Å². The molecule has 34 heavy (non-hydrogen) atoms. The van der Waals surface area contributed by atoms with Gasteiger partial charge in [-0.2, -0.15) is 0 Å². The van der Waals surface area contributed by atoms with Crippen molar-refractivity contribution < 1.29 is 39.3 Å². The van der Waals surface area contributed by atoms with Crippen molar-refractivity contribution in [2.45, 2.75) is 50.9 Å². The van der Waals surface area contributed by atoms with Crippen molar-refractivity contribution in [3.05, 3.63) is 29.8 Å². The molecular weight excluding hydrogens is 450 g/mol. The first kappa shape index (κ1) is 28.3. The van der Waals surface area contributed by atoms with Gasteiger partial charge < -0.3 is 42.7 Å². The molecule has 10 N–H and O–H groups in total. The molecule has 0 aliphatic heterocycles. The number of phenols is 1. The minimum absolute atomic E-state index is 0.0188. The fourth-order valence-electron chi connectivity index (χ4n) is 2.79. The number of aliphatic carboxylic acids is 1. The number of carboxylic acids is 1. The zero-order valence-corrected chi connectivity index (χ0v) is 18.9. The molecule has 13 nitrogen and oxygen atoms in total. The van der Waals surface area contributed by atoms with Crippen LogP contribution in [0.1, 0.15) is 25.8 Å². The second-order valence-corrected chi connectivity index (χ2v) is 8.02. The van der Waals surface area contributed by atoms with Gasteiger partial charge in [0.05, 0.1) is 19.1 Å². The van der Waals surface area contributed by atoms with Crippen LogP contribution in [0.15, 0.2) is 24.3 Å². The Labute approximate surface area is 195 Å². The topological polar surface area (TPSA) is 234 Å². The smallest absolute Gasteiger partial charge is 0.326 e. The number of carboxylic acid groups (broad SMARTS) is 1. The maximum absolute atomic E-state index is 12.6. The van der Waals surface area contributed by atoms with E-state index in [0.717, 1.165) is 0 Å². The standard InChI is InChI=1S/C21H31N5O8/c1-10(2)17(23)20(32)24-13(8-16(22)29)18(30)26-15(9-27)19(31)25-14(21(33)34)7-11-3-5-12(28)6-4-11/h3-6,10,13-15,17,27-28H,7-9,23H2,1-2H3,(H2,22,29)(H,24,32)(H,25,31)(H,26,30)(H,33,34). The molecule has 0 aliphatic rings. The molecule has 1 aromatic carbocycles. The first-order chi connectivity index (χ1) is 15.8. The van der Waals surface area contributed by atoms with Crippen LogP contribution in [0.2, 0.25) is 0 Å². The summed E-state index contributed by atoms with van der Waals surface area (Å²) < 4.78 is 0. The van der Waals surface area contributed by atoms with Crippen LogP contribution < -0.4 is 27.4 Å². The fraction of sp³-hybridized carbons (Fsp3) is 0.476. The lowest BCUT2D eigenvalue weighted by molar-refractivity contribution is -0.142. The van der Waals surface area contributed by atoms with E-state index in [2.05, 4.69) is 16.0 Å². The third kappa shape index (κ3) is 9.03. The molecule has 0 heterocycles. The number of carbonyl (C=O) groups is 5. The highest BCUT2D eigenvalue weighted by Gasteiger charge is 2.31. The summed E-state index contributed by atoms with van der Waals surface area (Å²) in [5.41, 5.74) is 11.4. The van der Waals surface area contributed by atoms with E-state index in [0.29, 0.717) is 5.56 Å². The van der Waals surface area contributed by atoms with Crippen molar-refractivity contribution in [2.24, 2.45) is 17.4 Å². The summed E-state index contributed by atoms with van der Waals surface area (Å²) in [5.74, 6) is -5.30. The minimum atomic E-state index is -1.58. The number of benzene rings is 1. The molecule has 0 saturated carbocycles. The molecule has 0 aliphatic carbocycles. The van der Waals surface area contributed by atoms with Crippen LogP contribution in [-0.2, 0) is 30.4 Å². The van der Waals surface area contributed by atoms with Gasteiger partial charge in [0.25, 0.3) is 0 Å². The molecular formula is C21H31N5O8. The van der Waals surface area contributed by atoms with Crippen molar-refractivity contribution >= 4 is 29.6 Å². The third-order valence-electron chi connectivity index (χ3n) is 4.87. The van der Waals surface area contributed by atoms with Crippen LogP contribution in [0, 0.1) is 5.92 Å². The quantitative estimate of drug-likeness (QED) is 0.146. The summed E-state index contributed by atoms with van der Waals surface area (Å²) >= 11 is 0. The zero-order valence-electron chi connectivity index (χ0n) is 18.9. The number of primary amides is 1. The highest BCUT2D eigenvalue weighted by atomic mass is 16.4. The Kier molecular flexibility index (Phi) is 10.9. The lowest BCUT2D eigenvalue weighted by atomic mass is 10.0. The normalized spacial score (nSPS) is 14.4. The molecule has 0 radical (unpaired) electrons. The average Bonchev–Trinajstić information content (AvgIpc) is 2.76. The van der Waals surface area contributed by atoms with E-state index in [-0.39, 0.29) is 18.1 Å². The van der Waals surface area contributed by atoms with Gasteiger partial charge in [-0.05, 0) is 23.6 Å². The van der Waals surface area contributed by atoms with Gasteiger partial charge in [0.2, 0.25) is 23.6 Å². The van der Waals surface area contributed by atoms with Crippen LogP contribution in [-0.4, -0.2) is 75.7 Å². The summed E-state index contributed by atoms with van der Waals surface area (Å²) in [6.45, 7) is 2.46. The maximum Gasteiger partial charge on any atom is 0.326 e. The van der Waals surface area contributed by atoms with Gasteiger partial charge in [-0.15, -0.1) is 0 Å². The van der Waals surface area contributed by atoms with Crippen LogP contribution in [0.3, 0.4) is 0 Å². The van der Waals surface area contributed by atoms with Crippen molar-refractivity contribution in [2.75, 3.05) is 6.61 Å². The largest absolute Gasteiger partial charge is 0.508 e. The van der Waals surface area contributed by atoms with Gasteiger partial charge in [-0.1, -0.05) is 26.0 Å². The first-order valence-electron chi connectivity index (χ1n) is 10.4. The van der Waals surface area contributed by atoms with Crippen molar-refractivity contribution in [1.29, 1.82) is 0 Å². The predicted octanol–water partition coefficient (Wildman–Crippen LogP) is -2.68. The van der Waals surface area contributed by atoms with Crippen molar-refractivity contribution in [1.82, 2.24) is 16.0 Å². The molecule has 0 spiro atoms. The molecule has 0 saturated heterocycles. The summed E-state index contributed by atoms with van der Waals surface area (Å²) in [6, 6.07) is 0.216. The Bertz CT molecular complexity index is 890. The summed E-state index contributed by atoms with van der Waals surface area (Å²) in [6.07, 6.45) is -0.734. The summed E-state index contributed by atoms with van der Waals surface area (Å²) in [7, 11) is 0. The second kappa shape index (κ2) is 13.1. The Hall–Kier alpha value is -3.71. The SMILES string of the molecule is CC(C)C(N)C(=O)NC(CC(N)=O)C(=O)NC(CO)C(=O)NC(Cc1ccc(O)cc1)C(=O)O. The van der Waals surface area contributed by atoms with Crippen molar-refractivity contribution in [3.8, 4) is 5.75 Å². The maximum atomic E-state index is 12.6. The number of aliphatic hydroxyl groups excluding tert-OH is 1. The molecule has 188 valence electrons. The lowest BCUT2D eigenvalue weighted by Gasteiger charge is -2.24. The van der Waals surface area contributed by atoms with E-state index >= 15 is 0 Å². The van der Waals surface area contributed by atoms with E-state index in [9.17, 15) is 39.3 Å². The molecule has 4 atom stereocenters. The molecule has 13 heteroatoms. The number of hydrogen-bond acceptors (Lipinski definition) is 8. The van der Waals surface area contributed by atoms with E-state index in [1.807, 2.05) is 0 Å². The number of rotatable bonds is 13. The zero-order chi connectivity index (χ0) is 26.0. The van der Waals surface area contributed by atoms with Gasteiger partial charge in [-0.3, -0.25) is 19.2 Å². The lowest BCUT2D eigenvalue weighted by Crippen LogP contribution is -2.59. The molecule has 0 aromatic heterocycles. The number of carbonyl (C=O) groups excluding carboxylic acids is 4. The summed E-state index contributed by atoms with van der Waals surface area (Å²) in [4.78, 5) is 60.3. The van der Waals surface area contributed by atoms with Gasteiger partial charge in [-0.25, -0.2) is 4.79 Å². The Morgan fingerprint density at radius 2 is 1.38 bits per heavy atom. The number of nitrogens with two attached hydrogens (primary N) is 2. The van der Waals surface area contributed by atoms with Gasteiger partial charge in [0.1, 0.15) is 23.9 Å². The van der Waals surface area contributed by atoms with Gasteiger partial charge in [0.15, 0.2) is 0 Å². The first-order valence-corrected chi connectivity index (χ1v) is 10.4. The fourth-order valence-corrected chi connectivity index (χ4v) is 2.79. The van der Waals surface area contributed by atoms with Gasteiger partial charge >= 0.3 is 5.97 Å². The highest BCUT2D eigenvalue weighted by Crippen LogP contribution is 2.11. The number of amides is 4. The average molecular weight is 482 g/mol. The number of hydrogen-bond donors (Lipinski definition) is 8. The Morgan fingerprint density at radius 3 is 1.85 bits per heavy atom. The number of aliphatic hydroxyl groups is 1. The molecule has 0 fully saturated rings. The molecule has 0 bridgehead atoms. The minimum Gasteiger partial charge on any atom is -0.508 e. The van der Waals surface area contributed by atoms with Crippen LogP contribution >= 0.6 is 0 Å². The van der Waals surface area contributed by atoms with Gasteiger partial charge in [0, 0.05) is 6.42 Å². The number of aromatic hydroxyl groups is 1.